The fourth-order valence-corrected chi connectivity index (χ4v) is 3.56. The Labute approximate surface area is 184 Å². The first-order chi connectivity index (χ1) is 15.0. The Morgan fingerprint density at radius 1 is 1.23 bits per heavy atom. The molecule has 2 N–H and O–H groups in total. The number of nitrogens with one attached hydrogen (secondary N) is 2. The highest BCUT2D eigenvalue weighted by molar-refractivity contribution is 6.30. The van der Waals surface area contributed by atoms with Gasteiger partial charge in [0.05, 0.1) is 5.92 Å². The second kappa shape index (κ2) is 9.13. The molecule has 0 aliphatic carbocycles. The summed E-state index contributed by atoms with van der Waals surface area (Å²) in [6, 6.07) is 10.6. The van der Waals surface area contributed by atoms with Gasteiger partial charge in [-0.25, -0.2) is 14.6 Å². The summed E-state index contributed by atoms with van der Waals surface area (Å²) < 4.78 is 1.66. The molecule has 1 fully saturated rings. The fourth-order valence-electron chi connectivity index (χ4n) is 3.44. The zero-order valence-corrected chi connectivity index (χ0v) is 17.7. The molecule has 160 valence electrons. The van der Waals surface area contributed by atoms with Gasteiger partial charge in [0, 0.05) is 55.2 Å². The highest BCUT2D eigenvalue weighted by Gasteiger charge is 2.34. The minimum atomic E-state index is -0.379. The maximum absolute atomic E-state index is 12.5. The van der Waals surface area contributed by atoms with Crippen molar-refractivity contribution in [3.63, 3.8) is 0 Å². The third-order valence-electron chi connectivity index (χ3n) is 4.93. The Bertz CT molecular complexity index is 1070. The Morgan fingerprint density at radius 2 is 2.03 bits per heavy atom. The van der Waals surface area contributed by atoms with Crippen LogP contribution in [0.15, 0.2) is 48.8 Å². The van der Waals surface area contributed by atoms with Gasteiger partial charge in [0.15, 0.2) is 5.82 Å². The highest BCUT2D eigenvalue weighted by Crippen LogP contribution is 2.26. The molecule has 1 atom stereocenters. The van der Waals surface area contributed by atoms with E-state index in [1.807, 2.05) is 19.2 Å². The normalized spacial score (nSPS) is 15.9. The van der Waals surface area contributed by atoms with Gasteiger partial charge in [-0.05, 0) is 37.3 Å². The predicted molar refractivity (Wildman–Crippen MR) is 117 cm³/mol. The first-order valence-electron chi connectivity index (χ1n) is 9.93. The van der Waals surface area contributed by atoms with E-state index in [0.29, 0.717) is 42.1 Å². The quantitative estimate of drug-likeness (QED) is 0.547. The summed E-state index contributed by atoms with van der Waals surface area (Å²) in [5, 5.41) is 10.9. The summed E-state index contributed by atoms with van der Waals surface area (Å²) in [6.45, 7) is 3.06. The number of hydrogen-bond donors (Lipinski definition) is 2. The number of anilines is 2. The molecule has 3 heterocycles. The van der Waals surface area contributed by atoms with E-state index in [-0.39, 0.29) is 24.2 Å². The standard InChI is InChI=1S/C21H22ClN7O2/c1-14-26-18(12-19(27-14)29-10-2-7-25-29)23-8-9-24-21(31)15-11-20(30)28(13-15)17-5-3-16(22)4-6-17/h2-7,10,12,15H,8-9,11,13H2,1H3,(H,24,31)(H,23,26,27)/t15-/m0/s1. The van der Waals surface area contributed by atoms with Crippen LogP contribution in [0.1, 0.15) is 12.2 Å². The van der Waals surface area contributed by atoms with Gasteiger partial charge in [0.25, 0.3) is 0 Å². The zero-order chi connectivity index (χ0) is 21.8. The molecule has 0 unspecified atom stereocenters. The number of halogens is 1. The maximum atomic E-state index is 12.5. The van der Waals surface area contributed by atoms with Gasteiger partial charge in [-0.15, -0.1) is 0 Å². The van der Waals surface area contributed by atoms with Crippen LogP contribution < -0.4 is 15.5 Å². The highest BCUT2D eigenvalue weighted by atomic mass is 35.5. The van der Waals surface area contributed by atoms with Crippen molar-refractivity contribution in [3.05, 3.63) is 59.6 Å². The molecule has 0 radical (unpaired) electrons. The molecule has 1 aliphatic rings. The first kappa shape index (κ1) is 20.8. The zero-order valence-electron chi connectivity index (χ0n) is 17.0. The molecule has 4 rings (SSSR count). The second-order valence-corrected chi connectivity index (χ2v) is 7.65. The van der Waals surface area contributed by atoms with Crippen LogP contribution in [-0.2, 0) is 9.59 Å². The van der Waals surface area contributed by atoms with Crippen LogP contribution in [0.3, 0.4) is 0 Å². The van der Waals surface area contributed by atoms with Crippen LogP contribution in [0.2, 0.25) is 5.02 Å². The summed E-state index contributed by atoms with van der Waals surface area (Å²) in [4.78, 5) is 35.2. The van der Waals surface area contributed by atoms with E-state index in [1.54, 1.807) is 46.1 Å². The smallest absolute Gasteiger partial charge is 0.227 e. The molecule has 1 aliphatic heterocycles. The summed E-state index contributed by atoms with van der Waals surface area (Å²) in [5.41, 5.74) is 0.749. The van der Waals surface area contributed by atoms with Crippen molar-refractivity contribution < 1.29 is 9.59 Å². The van der Waals surface area contributed by atoms with E-state index in [0.717, 1.165) is 5.69 Å². The number of benzene rings is 1. The van der Waals surface area contributed by atoms with Crippen LogP contribution in [0, 0.1) is 12.8 Å². The van der Waals surface area contributed by atoms with E-state index >= 15 is 0 Å². The number of rotatable bonds is 7. The monoisotopic (exact) mass is 439 g/mol. The molecular weight excluding hydrogens is 418 g/mol. The van der Waals surface area contributed by atoms with E-state index < -0.39 is 0 Å². The lowest BCUT2D eigenvalue weighted by Gasteiger charge is -2.17. The molecular formula is C21H22ClN7O2. The van der Waals surface area contributed by atoms with Crippen molar-refractivity contribution >= 4 is 34.9 Å². The largest absolute Gasteiger partial charge is 0.368 e. The molecule has 3 aromatic rings. The Hall–Kier alpha value is -3.46. The van der Waals surface area contributed by atoms with Gasteiger partial charge in [-0.1, -0.05) is 11.6 Å². The van der Waals surface area contributed by atoms with E-state index in [2.05, 4.69) is 25.7 Å². The van der Waals surface area contributed by atoms with E-state index in [4.69, 9.17) is 11.6 Å². The summed E-state index contributed by atoms with van der Waals surface area (Å²) in [7, 11) is 0. The molecule has 0 spiro atoms. The van der Waals surface area contributed by atoms with E-state index in [9.17, 15) is 9.59 Å². The number of amides is 2. The molecule has 9 nitrogen and oxygen atoms in total. The van der Waals surface area contributed by atoms with Crippen molar-refractivity contribution in [2.75, 3.05) is 29.9 Å². The topological polar surface area (TPSA) is 105 Å². The number of nitrogens with zero attached hydrogens (tertiary/aromatic N) is 5. The van der Waals surface area contributed by atoms with Gasteiger partial charge in [0.1, 0.15) is 11.6 Å². The van der Waals surface area contributed by atoms with Gasteiger partial charge < -0.3 is 15.5 Å². The molecule has 31 heavy (non-hydrogen) atoms. The third kappa shape index (κ3) is 5.00. The summed E-state index contributed by atoms with van der Waals surface area (Å²) in [6.07, 6.45) is 3.68. The predicted octanol–water partition coefficient (Wildman–Crippen LogP) is 2.21. The SMILES string of the molecule is Cc1nc(NCCNC(=O)[C@H]2CC(=O)N(c3ccc(Cl)cc3)C2)cc(-n2cccn2)n1. The second-order valence-electron chi connectivity index (χ2n) is 7.21. The fraction of sp³-hybridized carbons (Fsp3) is 0.286. The van der Waals surface area contributed by atoms with E-state index in [1.165, 1.54) is 0 Å². The molecule has 1 aromatic carbocycles. The van der Waals surface area contributed by atoms with Crippen molar-refractivity contribution in [2.24, 2.45) is 5.92 Å². The van der Waals surface area contributed by atoms with Crippen LogP contribution in [0.25, 0.3) is 5.82 Å². The van der Waals surface area contributed by atoms with Crippen molar-refractivity contribution in [1.29, 1.82) is 0 Å². The summed E-state index contributed by atoms with van der Waals surface area (Å²) >= 11 is 5.91. The minimum absolute atomic E-state index is 0.0665. The molecule has 1 saturated heterocycles. The van der Waals surface area contributed by atoms with Gasteiger partial charge >= 0.3 is 0 Å². The van der Waals surface area contributed by atoms with Crippen molar-refractivity contribution in [1.82, 2.24) is 25.1 Å². The van der Waals surface area contributed by atoms with Crippen LogP contribution in [0.5, 0.6) is 0 Å². The molecule has 10 heteroatoms. The number of carbonyl (C=O) groups is 2. The number of carbonyl (C=O) groups excluding carboxylic acids is 2. The van der Waals surface area contributed by atoms with Gasteiger partial charge in [-0.3, -0.25) is 9.59 Å². The molecule has 2 aromatic heterocycles. The van der Waals surface area contributed by atoms with Crippen LogP contribution in [0.4, 0.5) is 11.5 Å². The maximum Gasteiger partial charge on any atom is 0.227 e. The van der Waals surface area contributed by atoms with Crippen molar-refractivity contribution in [3.8, 4) is 5.82 Å². The molecule has 0 saturated carbocycles. The number of hydrogen-bond acceptors (Lipinski definition) is 6. The Balaban J connectivity index is 1.27. The van der Waals surface area contributed by atoms with Crippen molar-refractivity contribution in [2.45, 2.75) is 13.3 Å². The average molecular weight is 440 g/mol. The van der Waals surface area contributed by atoms with Gasteiger partial charge in [-0.2, -0.15) is 5.10 Å². The van der Waals surface area contributed by atoms with Crippen LogP contribution >= 0.6 is 11.6 Å². The lowest BCUT2D eigenvalue weighted by Crippen LogP contribution is -2.35. The van der Waals surface area contributed by atoms with Gasteiger partial charge in [0.2, 0.25) is 11.8 Å². The lowest BCUT2D eigenvalue weighted by atomic mass is 10.1. The molecule has 2 amide bonds. The minimum Gasteiger partial charge on any atom is -0.368 e. The Morgan fingerprint density at radius 3 is 2.77 bits per heavy atom. The number of aryl methyl sites for hydroxylation is 1. The molecule has 0 bridgehead atoms. The summed E-state index contributed by atoms with van der Waals surface area (Å²) in [5.74, 6) is 1.35. The lowest BCUT2D eigenvalue weighted by molar-refractivity contribution is -0.126. The average Bonchev–Trinajstić information content (AvgIpc) is 3.41. The van der Waals surface area contributed by atoms with Crippen LogP contribution in [-0.4, -0.2) is 51.2 Å². The third-order valence-corrected chi connectivity index (χ3v) is 5.18. The first-order valence-corrected chi connectivity index (χ1v) is 10.3. The Kier molecular flexibility index (Phi) is 6.13. The number of aromatic nitrogens is 4.